The van der Waals surface area contributed by atoms with Crippen molar-refractivity contribution >= 4 is 28.1 Å². The quantitative estimate of drug-likeness (QED) is 0.564. The van der Waals surface area contributed by atoms with E-state index in [1.165, 1.54) is 34.4 Å². The molecular formula is C21H16FN3O2S. The first-order valence-corrected chi connectivity index (χ1v) is 9.52. The molecule has 28 heavy (non-hydrogen) atoms. The normalized spacial score (nSPS) is 12.0. The number of nitrogens with zero attached hydrogens (tertiary/aromatic N) is 2. The highest BCUT2D eigenvalue weighted by atomic mass is 32.1. The number of thiophene rings is 1. The van der Waals surface area contributed by atoms with Gasteiger partial charge in [-0.05, 0) is 41.3 Å². The highest BCUT2D eigenvalue weighted by Gasteiger charge is 2.19. The average molecular weight is 393 g/mol. The van der Waals surface area contributed by atoms with Crippen LogP contribution in [-0.2, 0) is 11.3 Å². The van der Waals surface area contributed by atoms with Crippen molar-refractivity contribution < 1.29 is 9.18 Å². The molecule has 0 aliphatic heterocycles. The summed E-state index contributed by atoms with van der Waals surface area (Å²) in [6, 6.07) is 16.4. The molecule has 4 aromatic rings. The fourth-order valence-corrected chi connectivity index (χ4v) is 3.81. The zero-order valence-corrected chi connectivity index (χ0v) is 15.5. The van der Waals surface area contributed by atoms with E-state index in [0.29, 0.717) is 10.9 Å². The Hall–Kier alpha value is -3.32. The van der Waals surface area contributed by atoms with Crippen LogP contribution in [0.1, 0.15) is 16.5 Å². The van der Waals surface area contributed by atoms with Crippen LogP contribution in [0.3, 0.4) is 0 Å². The largest absolute Gasteiger partial charge is 0.343 e. The van der Waals surface area contributed by atoms with Gasteiger partial charge in [0, 0.05) is 4.88 Å². The molecular weight excluding hydrogens is 377 g/mol. The van der Waals surface area contributed by atoms with E-state index in [1.807, 2.05) is 17.5 Å². The van der Waals surface area contributed by atoms with Crippen LogP contribution in [0, 0.1) is 5.82 Å². The van der Waals surface area contributed by atoms with E-state index in [1.54, 1.807) is 36.4 Å². The lowest BCUT2D eigenvalue weighted by molar-refractivity contribution is -0.122. The number of halogens is 1. The SMILES string of the molecule is O=C(Cn1cnc2ccccc2c1=O)NC(c1ccc(F)cc1)c1cccs1. The third-order valence-electron chi connectivity index (χ3n) is 4.38. The number of fused-ring (bicyclic) bond motifs is 1. The van der Waals surface area contributed by atoms with E-state index >= 15 is 0 Å². The molecule has 0 spiro atoms. The van der Waals surface area contributed by atoms with Gasteiger partial charge in [-0.1, -0.05) is 30.3 Å². The van der Waals surface area contributed by atoms with Crippen molar-refractivity contribution in [3.05, 3.63) is 99.0 Å². The van der Waals surface area contributed by atoms with E-state index in [-0.39, 0.29) is 23.8 Å². The molecule has 0 aliphatic carbocycles. The number of aromatic nitrogens is 2. The standard InChI is InChI=1S/C21H16FN3O2S/c22-15-9-7-14(8-10-15)20(18-6-3-11-28-18)24-19(26)12-25-13-23-17-5-2-1-4-16(17)21(25)27/h1-11,13,20H,12H2,(H,24,26). The minimum Gasteiger partial charge on any atom is -0.343 e. The third kappa shape index (κ3) is 3.70. The molecule has 2 aromatic heterocycles. The summed E-state index contributed by atoms with van der Waals surface area (Å²) in [5.41, 5.74) is 1.09. The Morgan fingerprint density at radius 3 is 2.64 bits per heavy atom. The fraction of sp³-hybridized carbons (Fsp3) is 0.0952. The average Bonchev–Trinajstić information content (AvgIpc) is 3.24. The Morgan fingerprint density at radius 1 is 1.11 bits per heavy atom. The second kappa shape index (κ2) is 7.74. The maximum absolute atomic E-state index is 13.3. The number of hydrogen-bond acceptors (Lipinski definition) is 4. The van der Waals surface area contributed by atoms with Crippen LogP contribution in [0.2, 0.25) is 0 Å². The highest BCUT2D eigenvalue weighted by molar-refractivity contribution is 7.10. The lowest BCUT2D eigenvalue weighted by atomic mass is 10.1. The molecule has 7 heteroatoms. The Balaban J connectivity index is 1.59. The summed E-state index contributed by atoms with van der Waals surface area (Å²) in [7, 11) is 0. The van der Waals surface area contributed by atoms with Crippen molar-refractivity contribution in [3.8, 4) is 0 Å². The van der Waals surface area contributed by atoms with Crippen LogP contribution in [0.25, 0.3) is 10.9 Å². The summed E-state index contributed by atoms with van der Waals surface area (Å²) in [6.45, 7) is -0.153. The van der Waals surface area contributed by atoms with E-state index in [2.05, 4.69) is 10.3 Å². The van der Waals surface area contributed by atoms with Crippen molar-refractivity contribution in [2.24, 2.45) is 0 Å². The van der Waals surface area contributed by atoms with Gasteiger partial charge in [-0.25, -0.2) is 9.37 Å². The maximum Gasteiger partial charge on any atom is 0.261 e. The van der Waals surface area contributed by atoms with Gasteiger partial charge in [0.1, 0.15) is 12.4 Å². The topological polar surface area (TPSA) is 64.0 Å². The van der Waals surface area contributed by atoms with Gasteiger partial charge >= 0.3 is 0 Å². The number of amides is 1. The third-order valence-corrected chi connectivity index (χ3v) is 5.32. The molecule has 1 amide bonds. The highest BCUT2D eigenvalue weighted by Crippen LogP contribution is 2.26. The number of para-hydroxylation sites is 1. The molecule has 0 bridgehead atoms. The molecule has 1 atom stereocenters. The molecule has 5 nitrogen and oxygen atoms in total. The number of hydrogen-bond donors (Lipinski definition) is 1. The summed E-state index contributed by atoms with van der Waals surface area (Å²) in [4.78, 5) is 30.4. The van der Waals surface area contributed by atoms with Crippen LogP contribution < -0.4 is 10.9 Å². The minimum absolute atomic E-state index is 0.153. The van der Waals surface area contributed by atoms with Crippen molar-refractivity contribution in [2.45, 2.75) is 12.6 Å². The molecule has 0 fully saturated rings. The van der Waals surface area contributed by atoms with Crippen molar-refractivity contribution in [1.82, 2.24) is 14.9 Å². The Morgan fingerprint density at radius 2 is 1.89 bits per heavy atom. The predicted octanol–water partition coefficient (Wildman–Crippen LogP) is 3.50. The van der Waals surface area contributed by atoms with Crippen molar-refractivity contribution in [1.29, 1.82) is 0 Å². The molecule has 0 saturated carbocycles. The number of carbonyl (C=O) groups is 1. The molecule has 2 heterocycles. The van der Waals surface area contributed by atoms with Gasteiger partial charge in [-0.3, -0.25) is 14.2 Å². The zero-order chi connectivity index (χ0) is 19.5. The summed E-state index contributed by atoms with van der Waals surface area (Å²) >= 11 is 1.49. The summed E-state index contributed by atoms with van der Waals surface area (Å²) < 4.78 is 14.6. The van der Waals surface area contributed by atoms with E-state index in [4.69, 9.17) is 0 Å². The number of nitrogens with one attached hydrogen (secondary N) is 1. The molecule has 2 aromatic carbocycles. The number of benzene rings is 2. The van der Waals surface area contributed by atoms with Gasteiger partial charge < -0.3 is 5.32 Å². The molecule has 0 radical (unpaired) electrons. The van der Waals surface area contributed by atoms with Crippen LogP contribution >= 0.6 is 11.3 Å². The van der Waals surface area contributed by atoms with Gasteiger partial charge in [-0.2, -0.15) is 0 Å². The van der Waals surface area contributed by atoms with Gasteiger partial charge in [0.15, 0.2) is 0 Å². The van der Waals surface area contributed by atoms with E-state index in [9.17, 15) is 14.0 Å². The first-order valence-electron chi connectivity index (χ1n) is 8.64. The van der Waals surface area contributed by atoms with Crippen LogP contribution in [0.4, 0.5) is 4.39 Å². The first-order chi connectivity index (χ1) is 13.6. The molecule has 140 valence electrons. The van der Waals surface area contributed by atoms with Gasteiger partial charge in [0.25, 0.3) is 5.56 Å². The minimum atomic E-state index is -0.419. The first kappa shape index (κ1) is 18.1. The lowest BCUT2D eigenvalue weighted by Crippen LogP contribution is -2.35. The van der Waals surface area contributed by atoms with Crippen LogP contribution in [-0.4, -0.2) is 15.5 Å². The molecule has 0 aliphatic rings. The van der Waals surface area contributed by atoms with Gasteiger partial charge in [0.05, 0.1) is 23.3 Å². The fourth-order valence-electron chi connectivity index (χ4n) is 3.01. The number of rotatable bonds is 5. The maximum atomic E-state index is 13.3. The Labute approximate surface area is 164 Å². The molecule has 4 rings (SSSR count). The second-order valence-electron chi connectivity index (χ2n) is 6.26. The Bertz CT molecular complexity index is 1170. The summed E-state index contributed by atoms with van der Waals surface area (Å²) in [6.07, 6.45) is 1.38. The molecule has 0 saturated heterocycles. The van der Waals surface area contributed by atoms with Gasteiger partial charge in [0.2, 0.25) is 5.91 Å². The zero-order valence-electron chi connectivity index (χ0n) is 14.7. The molecule has 1 unspecified atom stereocenters. The summed E-state index contributed by atoms with van der Waals surface area (Å²) in [5.74, 6) is -0.671. The van der Waals surface area contributed by atoms with Crippen LogP contribution in [0.5, 0.6) is 0 Å². The van der Waals surface area contributed by atoms with E-state index < -0.39 is 6.04 Å². The second-order valence-corrected chi connectivity index (χ2v) is 7.24. The predicted molar refractivity (Wildman–Crippen MR) is 107 cm³/mol. The van der Waals surface area contributed by atoms with Crippen molar-refractivity contribution in [2.75, 3.05) is 0 Å². The Kier molecular flexibility index (Phi) is 4.99. The van der Waals surface area contributed by atoms with Crippen molar-refractivity contribution in [3.63, 3.8) is 0 Å². The smallest absolute Gasteiger partial charge is 0.261 e. The summed E-state index contributed by atoms with van der Waals surface area (Å²) in [5, 5.41) is 5.32. The lowest BCUT2D eigenvalue weighted by Gasteiger charge is -2.18. The van der Waals surface area contributed by atoms with Crippen LogP contribution in [0.15, 0.2) is 77.2 Å². The van der Waals surface area contributed by atoms with E-state index in [0.717, 1.165) is 10.4 Å². The number of carbonyl (C=O) groups excluding carboxylic acids is 1. The van der Waals surface area contributed by atoms with Gasteiger partial charge in [-0.15, -0.1) is 11.3 Å². The monoisotopic (exact) mass is 393 g/mol. The molecule has 1 N–H and O–H groups in total.